The molecule has 0 unspecified atom stereocenters. The zero-order valence-electron chi connectivity index (χ0n) is 18.2. The Labute approximate surface area is 174 Å². The fourth-order valence-electron chi connectivity index (χ4n) is 3.03. The lowest BCUT2D eigenvalue weighted by Crippen LogP contribution is -2.49. The van der Waals surface area contributed by atoms with Crippen LogP contribution in [0.3, 0.4) is 0 Å². The molecule has 5 nitrogen and oxygen atoms in total. The standard InChI is InChI=1S/C24H34N2O3/c1-17-11-12-20(13-18(17)2)15-25-16-22(27)21(14-19-9-7-6-8-10-19)26-23(28)29-24(3,4)5/h6-13,21-22,25,27H,14-16H2,1-5H3,(H,26,28)/t21-,22+/m0/s1. The van der Waals surface area contributed by atoms with E-state index in [2.05, 4.69) is 42.7 Å². The molecular formula is C24H34N2O3. The highest BCUT2D eigenvalue weighted by atomic mass is 16.6. The highest BCUT2D eigenvalue weighted by Crippen LogP contribution is 2.12. The topological polar surface area (TPSA) is 70.6 Å². The Morgan fingerprint density at radius 3 is 2.34 bits per heavy atom. The highest BCUT2D eigenvalue weighted by molar-refractivity contribution is 5.68. The maximum absolute atomic E-state index is 12.3. The van der Waals surface area contributed by atoms with Gasteiger partial charge in [-0.3, -0.25) is 0 Å². The van der Waals surface area contributed by atoms with E-state index in [0.717, 1.165) is 5.56 Å². The second kappa shape index (κ2) is 10.4. The highest BCUT2D eigenvalue weighted by Gasteiger charge is 2.24. The van der Waals surface area contributed by atoms with E-state index in [0.29, 0.717) is 19.5 Å². The summed E-state index contributed by atoms with van der Waals surface area (Å²) in [6, 6.07) is 15.7. The van der Waals surface area contributed by atoms with Gasteiger partial charge >= 0.3 is 6.09 Å². The Morgan fingerprint density at radius 2 is 1.72 bits per heavy atom. The number of aliphatic hydroxyl groups is 1. The van der Waals surface area contributed by atoms with Gasteiger partial charge in [-0.1, -0.05) is 48.5 Å². The second-order valence-electron chi connectivity index (χ2n) is 8.56. The van der Waals surface area contributed by atoms with Crippen molar-refractivity contribution in [3.8, 4) is 0 Å². The van der Waals surface area contributed by atoms with Gasteiger partial charge in [-0.15, -0.1) is 0 Å². The van der Waals surface area contributed by atoms with Gasteiger partial charge in [0.25, 0.3) is 0 Å². The summed E-state index contributed by atoms with van der Waals surface area (Å²) in [5.74, 6) is 0. The number of amides is 1. The van der Waals surface area contributed by atoms with Crippen LogP contribution in [0, 0.1) is 13.8 Å². The molecule has 2 rings (SSSR count). The van der Waals surface area contributed by atoms with Crippen LogP contribution in [0.1, 0.15) is 43.0 Å². The molecule has 0 aliphatic heterocycles. The first-order chi connectivity index (χ1) is 13.6. The van der Waals surface area contributed by atoms with Crippen molar-refractivity contribution in [3.05, 3.63) is 70.8 Å². The minimum atomic E-state index is -0.755. The zero-order chi connectivity index (χ0) is 21.4. The molecule has 2 atom stereocenters. The number of aryl methyl sites for hydroxylation is 2. The third-order valence-corrected chi connectivity index (χ3v) is 4.72. The van der Waals surface area contributed by atoms with Crippen LogP contribution in [0.25, 0.3) is 0 Å². The first-order valence-electron chi connectivity index (χ1n) is 10.1. The molecule has 0 spiro atoms. The first kappa shape index (κ1) is 22.9. The van der Waals surface area contributed by atoms with Crippen molar-refractivity contribution >= 4 is 6.09 Å². The Bertz CT molecular complexity index is 784. The summed E-state index contributed by atoms with van der Waals surface area (Å²) in [5, 5.41) is 16.9. The average Bonchev–Trinajstić information content (AvgIpc) is 2.63. The number of ether oxygens (including phenoxy) is 1. The number of carbonyl (C=O) groups excluding carboxylic acids is 1. The van der Waals surface area contributed by atoms with Crippen molar-refractivity contribution < 1.29 is 14.6 Å². The summed E-state index contributed by atoms with van der Waals surface area (Å²) in [6.45, 7) is 10.7. The normalized spacial score (nSPS) is 13.6. The van der Waals surface area contributed by atoms with Gasteiger partial charge < -0.3 is 20.5 Å². The lowest BCUT2D eigenvalue weighted by Gasteiger charge is -2.27. The molecule has 0 saturated heterocycles. The summed E-state index contributed by atoms with van der Waals surface area (Å²) in [6.07, 6.45) is -0.757. The van der Waals surface area contributed by atoms with Gasteiger partial charge in [-0.25, -0.2) is 4.79 Å². The molecule has 5 heteroatoms. The van der Waals surface area contributed by atoms with Gasteiger partial charge in [0.2, 0.25) is 0 Å². The number of rotatable bonds is 8. The van der Waals surface area contributed by atoms with Gasteiger partial charge in [-0.2, -0.15) is 0 Å². The summed E-state index contributed by atoms with van der Waals surface area (Å²) < 4.78 is 5.37. The van der Waals surface area contributed by atoms with E-state index in [-0.39, 0.29) is 0 Å². The number of nitrogens with one attached hydrogen (secondary N) is 2. The van der Waals surface area contributed by atoms with Crippen molar-refractivity contribution in [3.63, 3.8) is 0 Å². The third kappa shape index (κ3) is 8.26. The SMILES string of the molecule is Cc1ccc(CNC[C@@H](O)[C@H](Cc2ccccc2)NC(=O)OC(C)(C)C)cc1C. The van der Waals surface area contributed by atoms with Crippen LogP contribution in [-0.2, 0) is 17.7 Å². The fourth-order valence-corrected chi connectivity index (χ4v) is 3.03. The largest absolute Gasteiger partial charge is 0.444 e. The molecule has 0 aliphatic rings. The van der Waals surface area contributed by atoms with Gasteiger partial charge in [0.15, 0.2) is 0 Å². The fraction of sp³-hybridized carbons (Fsp3) is 0.458. The molecule has 1 amide bonds. The quantitative estimate of drug-likeness (QED) is 0.631. The van der Waals surface area contributed by atoms with Crippen molar-refractivity contribution in [2.75, 3.05) is 6.54 Å². The van der Waals surface area contributed by atoms with Crippen LogP contribution in [0.2, 0.25) is 0 Å². The van der Waals surface area contributed by atoms with Crippen LogP contribution >= 0.6 is 0 Å². The number of benzene rings is 2. The number of carbonyl (C=O) groups is 1. The van der Waals surface area contributed by atoms with Gasteiger partial charge in [0.1, 0.15) is 5.60 Å². The molecule has 29 heavy (non-hydrogen) atoms. The number of hydrogen-bond acceptors (Lipinski definition) is 4. The predicted molar refractivity (Wildman–Crippen MR) is 117 cm³/mol. The molecule has 3 N–H and O–H groups in total. The van der Waals surface area contributed by atoms with Gasteiger partial charge in [-0.05, 0) is 63.3 Å². The summed E-state index contributed by atoms with van der Waals surface area (Å²) >= 11 is 0. The van der Waals surface area contributed by atoms with Crippen LogP contribution < -0.4 is 10.6 Å². The van der Waals surface area contributed by atoms with Crippen LogP contribution in [0.15, 0.2) is 48.5 Å². The Morgan fingerprint density at radius 1 is 1.03 bits per heavy atom. The molecule has 0 fully saturated rings. The molecule has 0 heterocycles. The van der Waals surface area contributed by atoms with Crippen molar-refractivity contribution in [2.45, 2.75) is 65.3 Å². The molecule has 158 valence electrons. The van der Waals surface area contributed by atoms with E-state index in [1.54, 1.807) is 0 Å². The van der Waals surface area contributed by atoms with E-state index >= 15 is 0 Å². The number of aliphatic hydroxyl groups excluding tert-OH is 1. The monoisotopic (exact) mass is 398 g/mol. The Kier molecular flexibility index (Phi) is 8.23. The minimum Gasteiger partial charge on any atom is -0.444 e. The van der Waals surface area contributed by atoms with Crippen LogP contribution in [0.5, 0.6) is 0 Å². The van der Waals surface area contributed by atoms with E-state index in [9.17, 15) is 9.90 Å². The molecule has 0 aromatic heterocycles. The van der Waals surface area contributed by atoms with E-state index in [1.165, 1.54) is 16.7 Å². The lowest BCUT2D eigenvalue weighted by atomic mass is 10.0. The Hall–Kier alpha value is -2.37. The summed E-state index contributed by atoms with van der Waals surface area (Å²) in [7, 11) is 0. The first-order valence-corrected chi connectivity index (χ1v) is 10.1. The van der Waals surface area contributed by atoms with E-state index < -0.39 is 23.8 Å². The molecular weight excluding hydrogens is 364 g/mol. The molecule has 0 radical (unpaired) electrons. The van der Waals surface area contributed by atoms with Gasteiger partial charge in [0.05, 0.1) is 12.1 Å². The van der Waals surface area contributed by atoms with E-state index in [4.69, 9.17) is 4.74 Å². The summed E-state index contributed by atoms with van der Waals surface area (Å²) in [4.78, 5) is 12.3. The molecule has 0 saturated carbocycles. The van der Waals surface area contributed by atoms with Crippen LogP contribution in [-0.4, -0.2) is 35.5 Å². The lowest BCUT2D eigenvalue weighted by molar-refractivity contribution is 0.0422. The maximum Gasteiger partial charge on any atom is 0.407 e. The van der Waals surface area contributed by atoms with E-state index in [1.807, 2.05) is 51.1 Å². The maximum atomic E-state index is 12.3. The molecule has 2 aromatic carbocycles. The van der Waals surface area contributed by atoms with Crippen molar-refractivity contribution in [2.24, 2.45) is 0 Å². The second-order valence-corrected chi connectivity index (χ2v) is 8.56. The third-order valence-electron chi connectivity index (χ3n) is 4.72. The van der Waals surface area contributed by atoms with Gasteiger partial charge in [0, 0.05) is 13.1 Å². The molecule has 0 bridgehead atoms. The zero-order valence-corrected chi connectivity index (χ0v) is 18.2. The molecule has 0 aliphatic carbocycles. The predicted octanol–water partition coefficient (Wildman–Crippen LogP) is 3.89. The number of hydrogen-bond donors (Lipinski definition) is 3. The average molecular weight is 399 g/mol. The van der Waals surface area contributed by atoms with Crippen molar-refractivity contribution in [1.82, 2.24) is 10.6 Å². The smallest absolute Gasteiger partial charge is 0.407 e. The minimum absolute atomic E-state index is 0.361. The molecule has 2 aromatic rings. The summed E-state index contributed by atoms with van der Waals surface area (Å²) in [5.41, 5.74) is 4.13. The van der Waals surface area contributed by atoms with Crippen molar-refractivity contribution in [1.29, 1.82) is 0 Å². The Balaban J connectivity index is 1.97. The number of alkyl carbamates (subject to hydrolysis) is 1. The van der Waals surface area contributed by atoms with Crippen LogP contribution in [0.4, 0.5) is 4.79 Å².